The molecule has 0 aliphatic heterocycles. The van der Waals surface area contributed by atoms with Gasteiger partial charge in [0.2, 0.25) is 0 Å². The van der Waals surface area contributed by atoms with Gasteiger partial charge in [0.15, 0.2) is 0 Å². The molecule has 0 heterocycles. The summed E-state index contributed by atoms with van der Waals surface area (Å²) in [6, 6.07) is 17.4. The quantitative estimate of drug-likeness (QED) is 0.212. The van der Waals surface area contributed by atoms with Crippen molar-refractivity contribution in [1.82, 2.24) is 0 Å². The molecule has 2 aromatic carbocycles. The second-order valence-corrected chi connectivity index (χ2v) is 9.15. The first-order valence-electron chi connectivity index (χ1n) is 13.3. The van der Waals surface area contributed by atoms with E-state index in [4.69, 9.17) is 4.74 Å². The molecule has 1 heteroatoms. The van der Waals surface area contributed by atoms with Crippen LogP contribution in [0, 0.1) is 0 Å². The van der Waals surface area contributed by atoms with E-state index in [0.717, 1.165) is 5.75 Å². The van der Waals surface area contributed by atoms with E-state index < -0.39 is 0 Å². The van der Waals surface area contributed by atoms with Gasteiger partial charge in [-0.15, -0.1) is 0 Å². The molecule has 2 aromatic rings. The normalized spacial score (nSPS) is 11.3. The van der Waals surface area contributed by atoms with Crippen LogP contribution < -0.4 is 4.74 Å². The topological polar surface area (TPSA) is 9.23 Å². The zero-order chi connectivity index (χ0) is 22.7. The van der Waals surface area contributed by atoms with Crippen LogP contribution in [0.2, 0.25) is 0 Å². The van der Waals surface area contributed by atoms with Crippen LogP contribution in [0.5, 0.6) is 5.75 Å². The molecule has 0 aliphatic carbocycles. The van der Waals surface area contributed by atoms with Crippen LogP contribution in [0.15, 0.2) is 54.6 Å². The van der Waals surface area contributed by atoms with Crippen molar-refractivity contribution in [1.29, 1.82) is 0 Å². The van der Waals surface area contributed by atoms with Crippen LogP contribution >= 0.6 is 0 Å². The highest BCUT2D eigenvalue weighted by atomic mass is 16.5. The molecule has 0 radical (unpaired) electrons. The second-order valence-electron chi connectivity index (χ2n) is 9.15. The number of allylic oxidation sites excluding steroid dienone is 1. The van der Waals surface area contributed by atoms with E-state index in [2.05, 4.69) is 74.5 Å². The average molecular weight is 435 g/mol. The van der Waals surface area contributed by atoms with Crippen molar-refractivity contribution >= 4 is 6.08 Å². The number of hydrogen-bond acceptors (Lipinski definition) is 1. The molecule has 32 heavy (non-hydrogen) atoms. The summed E-state index contributed by atoms with van der Waals surface area (Å²) in [5.74, 6) is 0.939. The van der Waals surface area contributed by atoms with Gasteiger partial charge in [0.1, 0.15) is 12.4 Å². The van der Waals surface area contributed by atoms with E-state index in [9.17, 15) is 0 Å². The summed E-state index contributed by atoms with van der Waals surface area (Å²) in [6.45, 7) is 5.17. The molecule has 0 bridgehead atoms. The maximum atomic E-state index is 5.99. The van der Waals surface area contributed by atoms with Crippen LogP contribution in [-0.2, 0) is 13.0 Å². The summed E-state index contributed by atoms with van der Waals surface area (Å²) < 4.78 is 5.99. The smallest absolute Gasteiger partial charge is 0.119 e. The molecular formula is C31H46O. The molecule has 0 spiro atoms. The van der Waals surface area contributed by atoms with E-state index in [1.54, 1.807) is 0 Å². The highest BCUT2D eigenvalue weighted by molar-refractivity contribution is 5.50. The lowest BCUT2D eigenvalue weighted by atomic mass is 10.0. The molecule has 1 nitrogen and oxygen atoms in total. The third-order valence-electron chi connectivity index (χ3n) is 6.16. The first kappa shape index (κ1) is 26.2. The SMILES string of the molecule is CCCCCCC/C=C/c1ccc(OCc2ccc(CCCCCCCCC)cc2)cc1. The molecular weight excluding hydrogens is 388 g/mol. The van der Waals surface area contributed by atoms with Gasteiger partial charge in [0, 0.05) is 0 Å². The third kappa shape index (κ3) is 12.1. The van der Waals surface area contributed by atoms with Crippen molar-refractivity contribution in [3.63, 3.8) is 0 Å². The zero-order valence-electron chi connectivity index (χ0n) is 20.8. The number of ether oxygens (including phenoxy) is 1. The number of benzene rings is 2. The standard InChI is InChI=1S/C31H46O/c1-3-5-7-9-11-13-15-17-28-19-21-30(22-20-28)27-32-31-25-23-29(24-26-31)18-16-14-12-10-8-6-4-2/h16,18-26H,3-15,17,27H2,1-2H3/b18-16+. The van der Waals surface area contributed by atoms with Crippen molar-refractivity contribution in [2.75, 3.05) is 0 Å². The van der Waals surface area contributed by atoms with Gasteiger partial charge >= 0.3 is 0 Å². The summed E-state index contributed by atoms with van der Waals surface area (Å²) in [5, 5.41) is 0. The maximum absolute atomic E-state index is 5.99. The van der Waals surface area contributed by atoms with Crippen LogP contribution in [0.3, 0.4) is 0 Å². The Morgan fingerprint density at radius 3 is 1.81 bits per heavy atom. The van der Waals surface area contributed by atoms with Crippen molar-refractivity contribution < 1.29 is 4.74 Å². The van der Waals surface area contributed by atoms with E-state index in [-0.39, 0.29) is 0 Å². The van der Waals surface area contributed by atoms with Gasteiger partial charge in [-0.2, -0.15) is 0 Å². The van der Waals surface area contributed by atoms with Gasteiger partial charge in [0.05, 0.1) is 0 Å². The first-order chi connectivity index (χ1) is 15.8. The molecule has 0 amide bonds. The molecule has 2 rings (SSSR count). The molecule has 0 fully saturated rings. The van der Waals surface area contributed by atoms with Crippen molar-refractivity contribution in [2.24, 2.45) is 0 Å². The largest absolute Gasteiger partial charge is 0.489 e. The Labute approximate surface area is 198 Å². The number of aryl methyl sites for hydroxylation is 1. The Hall–Kier alpha value is -2.02. The molecule has 0 saturated carbocycles. The predicted octanol–water partition coefficient (Wildman–Crippen LogP) is 9.93. The number of hydrogen-bond donors (Lipinski definition) is 0. The first-order valence-corrected chi connectivity index (χ1v) is 13.3. The van der Waals surface area contributed by atoms with Gasteiger partial charge in [-0.25, -0.2) is 0 Å². The van der Waals surface area contributed by atoms with Crippen LogP contribution in [0.25, 0.3) is 6.08 Å². The summed E-state index contributed by atoms with van der Waals surface area (Å²) in [5.41, 5.74) is 3.93. The zero-order valence-corrected chi connectivity index (χ0v) is 20.8. The fourth-order valence-electron chi connectivity index (χ4n) is 4.02. The van der Waals surface area contributed by atoms with E-state index >= 15 is 0 Å². The minimum atomic E-state index is 0.630. The minimum Gasteiger partial charge on any atom is -0.489 e. The highest BCUT2D eigenvalue weighted by Gasteiger charge is 1.99. The molecule has 0 N–H and O–H groups in total. The van der Waals surface area contributed by atoms with Gasteiger partial charge < -0.3 is 4.74 Å². The summed E-state index contributed by atoms with van der Waals surface area (Å²) in [6.07, 6.45) is 23.2. The monoisotopic (exact) mass is 434 g/mol. The average Bonchev–Trinajstić information content (AvgIpc) is 2.83. The Morgan fingerprint density at radius 1 is 0.594 bits per heavy atom. The van der Waals surface area contributed by atoms with Crippen LogP contribution in [-0.4, -0.2) is 0 Å². The van der Waals surface area contributed by atoms with Gasteiger partial charge in [0.25, 0.3) is 0 Å². The molecule has 0 aromatic heterocycles. The Morgan fingerprint density at radius 2 is 1.16 bits per heavy atom. The molecule has 0 atom stereocenters. The Bertz CT molecular complexity index is 711. The highest BCUT2D eigenvalue weighted by Crippen LogP contribution is 2.17. The lowest BCUT2D eigenvalue weighted by Gasteiger charge is -2.08. The summed E-state index contributed by atoms with van der Waals surface area (Å²) in [4.78, 5) is 0. The maximum Gasteiger partial charge on any atom is 0.119 e. The molecule has 176 valence electrons. The van der Waals surface area contributed by atoms with Gasteiger partial charge in [-0.05, 0) is 54.5 Å². The van der Waals surface area contributed by atoms with Crippen molar-refractivity contribution in [3.8, 4) is 5.75 Å². The van der Waals surface area contributed by atoms with Gasteiger partial charge in [-0.3, -0.25) is 0 Å². The summed E-state index contributed by atoms with van der Waals surface area (Å²) in [7, 11) is 0. The summed E-state index contributed by atoms with van der Waals surface area (Å²) >= 11 is 0. The van der Waals surface area contributed by atoms with E-state index in [0.29, 0.717) is 6.61 Å². The van der Waals surface area contributed by atoms with Crippen molar-refractivity contribution in [2.45, 2.75) is 110 Å². The second kappa shape index (κ2) is 17.5. The fourth-order valence-corrected chi connectivity index (χ4v) is 4.02. The molecule has 0 saturated heterocycles. The van der Waals surface area contributed by atoms with Crippen LogP contribution in [0.4, 0.5) is 0 Å². The van der Waals surface area contributed by atoms with E-state index in [1.165, 1.54) is 107 Å². The number of rotatable bonds is 18. The fraction of sp³-hybridized carbons (Fsp3) is 0.548. The Kier molecular flexibility index (Phi) is 14.4. The van der Waals surface area contributed by atoms with Gasteiger partial charge in [-0.1, -0.05) is 127 Å². The lowest BCUT2D eigenvalue weighted by molar-refractivity contribution is 0.306. The molecule has 0 aliphatic rings. The molecule has 0 unspecified atom stereocenters. The number of unbranched alkanes of at least 4 members (excludes halogenated alkanes) is 11. The third-order valence-corrected chi connectivity index (χ3v) is 6.16. The Balaban J connectivity index is 1.61. The minimum absolute atomic E-state index is 0.630. The lowest BCUT2D eigenvalue weighted by Crippen LogP contribution is -1.96. The van der Waals surface area contributed by atoms with E-state index in [1.807, 2.05) is 0 Å². The predicted molar refractivity (Wildman–Crippen MR) is 141 cm³/mol. The van der Waals surface area contributed by atoms with Crippen molar-refractivity contribution in [3.05, 3.63) is 71.3 Å². The van der Waals surface area contributed by atoms with Crippen LogP contribution in [0.1, 0.15) is 114 Å².